The van der Waals surface area contributed by atoms with Crippen LogP contribution in [0.2, 0.25) is 0 Å². The number of hydrogen-bond donors (Lipinski definition) is 2. The number of nitrogens with zero attached hydrogens (tertiary/aromatic N) is 1. The summed E-state index contributed by atoms with van der Waals surface area (Å²) in [5, 5.41) is 4.68. The molecular weight excluding hydrogens is 270 g/mol. The number of imide groups is 1. The zero-order chi connectivity index (χ0) is 14.0. The van der Waals surface area contributed by atoms with Crippen molar-refractivity contribution in [1.82, 2.24) is 14.9 Å². The molecule has 2 heterocycles. The molecule has 0 bridgehead atoms. The van der Waals surface area contributed by atoms with Crippen LogP contribution in [0.5, 0.6) is 0 Å². The zero-order valence-electron chi connectivity index (χ0n) is 10.9. The molecular formula is C11H19N3O4S. The highest BCUT2D eigenvalue weighted by molar-refractivity contribution is 7.89. The Labute approximate surface area is 112 Å². The largest absolute Gasteiger partial charge is 0.315 e. The number of carbonyl (C=O) groups excluding carboxylic acids is 2. The fourth-order valence-corrected chi connectivity index (χ4v) is 4.64. The molecule has 2 unspecified atom stereocenters. The molecule has 0 radical (unpaired) electrons. The van der Waals surface area contributed by atoms with E-state index in [9.17, 15) is 18.0 Å². The molecule has 2 amide bonds. The Bertz CT molecular complexity index is 470. The zero-order valence-corrected chi connectivity index (χ0v) is 11.7. The smallest absolute Gasteiger partial charge is 0.245 e. The van der Waals surface area contributed by atoms with E-state index in [2.05, 4.69) is 10.6 Å². The lowest BCUT2D eigenvalue weighted by Gasteiger charge is -2.36. The van der Waals surface area contributed by atoms with Gasteiger partial charge in [-0.05, 0) is 25.8 Å². The SMILES string of the molecule is CCC1C(=O)NC(=O)CN1S(=O)(=O)C1CCCNC1. The molecule has 2 atom stereocenters. The number of piperidine rings is 1. The van der Waals surface area contributed by atoms with E-state index in [1.165, 1.54) is 0 Å². The van der Waals surface area contributed by atoms with E-state index in [1.54, 1.807) is 6.92 Å². The molecule has 108 valence electrons. The molecule has 7 nitrogen and oxygen atoms in total. The maximum Gasteiger partial charge on any atom is 0.245 e. The van der Waals surface area contributed by atoms with Crippen LogP contribution in [0.1, 0.15) is 26.2 Å². The minimum absolute atomic E-state index is 0.261. The number of piperazine rings is 1. The Hall–Kier alpha value is -0.990. The maximum atomic E-state index is 12.6. The molecule has 8 heteroatoms. The molecule has 2 fully saturated rings. The lowest BCUT2D eigenvalue weighted by atomic mass is 10.2. The minimum Gasteiger partial charge on any atom is -0.315 e. The lowest BCUT2D eigenvalue weighted by molar-refractivity contribution is -0.137. The van der Waals surface area contributed by atoms with E-state index in [-0.39, 0.29) is 6.54 Å². The molecule has 2 aliphatic heterocycles. The summed E-state index contributed by atoms with van der Waals surface area (Å²) >= 11 is 0. The number of carbonyl (C=O) groups is 2. The van der Waals surface area contributed by atoms with Gasteiger partial charge in [-0.2, -0.15) is 4.31 Å². The summed E-state index contributed by atoms with van der Waals surface area (Å²) in [6, 6.07) is -0.773. The molecule has 0 aliphatic carbocycles. The molecule has 2 rings (SSSR count). The summed E-state index contributed by atoms with van der Waals surface area (Å²) in [6.45, 7) is 2.67. The highest BCUT2D eigenvalue weighted by atomic mass is 32.2. The van der Waals surface area contributed by atoms with E-state index in [1.807, 2.05) is 0 Å². The van der Waals surface area contributed by atoms with Gasteiger partial charge >= 0.3 is 0 Å². The first kappa shape index (κ1) is 14.4. The topological polar surface area (TPSA) is 95.6 Å². The number of sulfonamides is 1. The van der Waals surface area contributed by atoms with E-state index < -0.39 is 33.1 Å². The first-order valence-electron chi connectivity index (χ1n) is 6.52. The fraction of sp³-hybridized carbons (Fsp3) is 0.818. The second-order valence-electron chi connectivity index (χ2n) is 4.90. The van der Waals surface area contributed by atoms with E-state index >= 15 is 0 Å². The van der Waals surface area contributed by atoms with E-state index in [4.69, 9.17) is 0 Å². The van der Waals surface area contributed by atoms with E-state index in [0.29, 0.717) is 19.4 Å². The molecule has 2 N–H and O–H groups in total. The average Bonchev–Trinajstić information content (AvgIpc) is 2.39. The second-order valence-corrected chi connectivity index (χ2v) is 7.06. The van der Waals surface area contributed by atoms with Crippen LogP contribution in [-0.2, 0) is 19.6 Å². The van der Waals surface area contributed by atoms with Crippen molar-refractivity contribution in [3.8, 4) is 0 Å². The minimum atomic E-state index is -3.62. The molecule has 0 spiro atoms. The van der Waals surface area contributed by atoms with Crippen LogP contribution in [0.25, 0.3) is 0 Å². The van der Waals surface area contributed by atoms with Gasteiger partial charge in [-0.1, -0.05) is 6.92 Å². The predicted octanol–water partition coefficient (Wildman–Crippen LogP) is -1.19. The van der Waals surface area contributed by atoms with Crippen molar-refractivity contribution < 1.29 is 18.0 Å². The van der Waals surface area contributed by atoms with Gasteiger partial charge in [0.25, 0.3) is 0 Å². The van der Waals surface area contributed by atoms with Crippen LogP contribution in [0.3, 0.4) is 0 Å². The maximum absolute atomic E-state index is 12.6. The van der Waals surface area contributed by atoms with Crippen LogP contribution in [0, 0.1) is 0 Å². The normalized spacial score (nSPS) is 30.2. The van der Waals surface area contributed by atoms with Gasteiger partial charge < -0.3 is 5.32 Å². The van der Waals surface area contributed by atoms with Gasteiger partial charge in [-0.25, -0.2) is 8.42 Å². The monoisotopic (exact) mass is 289 g/mol. The molecule has 19 heavy (non-hydrogen) atoms. The number of hydrogen-bond acceptors (Lipinski definition) is 5. The van der Waals surface area contributed by atoms with Crippen molar-refractivity contribution in [1.29, 1.82) is 0 Å². The van der Waals surface area contributed by atoms with Crippen molar-refractivity contribution >= 4 is 21.8 Å². The van der Waals surface area contributed by atoms with Gasteiger partial charge in [0.15, 0.2) is 0 Å². The average molecular weight is 289 g/mol. The fourth-order valence-electron chi connectivity index (χ4n) is 2.56. The summed E-state index contributed by atoms with van der Waals surface area (Å²) in [5.74, 6) is -1.08. The van der Waals surface area contributed by atoms with Gasteiger partial charge in [-0.3, -0.25) is 14.9 Å². The Kier molecular flexibility index (Phi) is 4.22. The van der Waals surface area contributed by atoms with Crippen molar-refractivity contribution in [3.63, 3.8) is 0 Å². The molecule has 2 saturated heterocycles. The Morgan fingerprint density at radius 2 is 2.11 bits per heavy atom. The summed E-state index contributed by atoms with van der Waals surface area (Å²) in [5.41, 5.74) is 0. The van der Waals surface area contributed by atoms with E-state index in [0.717, 1.165) is 17.3 Å². The van der Waals surface area contributed by atoms with Crippen LogP contribution in [0.15, 0.2) is 0 Å². The predicted molar refractivity (Wildman–Crippen MR) is 68.7 cm³/mol. The quantitative estimate of drug-likeness (QED) is 0.637. The second kappa shape index (κ2) is 5.56. The van der Waals surface area contributed by atoms with Crippen LogP contribution in [-0.4, -0.2) is 55.5 Å². The Morgan fingerprint density at radius 3 is 2.68 bits per heavy atom. The number of amides is 2. The molecule has 0 aromatic heterocycles. The van der Waals surface area contributed by atoms with Crippen LogP contribution >= 0.6 is 0 Å². The van der Waals surface area contributed by atoms with Crippen molar-refractivity contribution in [3.05, 3.63) is 0 Å². The van der Waals surface area contributed by atoms with Crippen molar-refractivity contribution in [2.45, 2.75) is 37.5 Å². The third-order valence-electron chi connectivity index (χ3n) is 3.60. The Balaban J connectivity index is 2.25. The summed E-state index contributed by atoms with van der Waals surface area (Å²) in [4.78, 5) is 23.1. The van der Waals surface area contributed by atoms with Crippen LogP contribution in [0.4, 0.5) is 0 Å². The van der Waals surface area contributed by atoms with Crippen molar-refractivity contribution in [2.24, 2.45) is 0 Å². The van der Waals surface area contributed by atoms with Gasteiger partial charge in [0.2, 0.25) is 21.8 Å². The molecule has 0 saturated carbocycles. The molecule has 2 aliphatic rings. The van der Waals surface area contributed by atoms with Gasteiger partial charge in [-0.15, -0.1) is 0 Å². The summed E-state index contributed by atoms with van der Waals surface area (Å²) in [7, 11) is -3.62. The molecule has 0 aromatic carbocycles. The number of nitrogens with one attached hydrogen (secondary N) is 2. The van der Waals surface area contributed by atoms with Gasteiger partial charge in [0.1, 0.15) is 6.04 Å². The standard InChI is InChI=1S/C11H19N3O4S/c1-2-9-11(16)13-10(15)7-14(9)19(17,18)8-4-3-5-12-6-8/h8-9,12H,2-7H2,1H3,(H,13,15,16). The first-order chi connectivity index (χ1) is 8.96. The summed E-state index contributed by atoms with van der Waals surface area (Å²) in [6.07, 6.45) is 1.71. The van der Waals surface area contributed by atoms with Crippen molar-refractivity contribution in [2.75, 3.05) is 19.6 Å². The summed E-state index contributed by atoms with van der Waals surface area (Å²) < 4.78 is 26.2. The van der Waals surface area contributed by atoms with Gasteiger partial charge in [0, 0.05) is 6.54 Å². The van der Waals surface area contributed by atoms with Gasteiger partial charge in [0.05, 0.1) is 11.8 Å². The third-order valence-corrected chi connectivity index (χ3v) is 5.88. The number of rotatable bonds is 3. The highest BCUT2D eigenvalue weighted by Gasteiger charge is 2.43. The molecule has 0 aromatic rings. The lowest BCUT2D eigenvalue weighted by Crippen LogP contribution is -2.61. The highest BCUT2D eigenvalue weighted by Crippen LogP contribution is 2.21. The van der Waals surface area contributed by atoms with Crippen LogP contribution < -0.4 is 10.6 Å². The Morgan fingerprint density at radius 1 is 1.37 bits per heavy atom. The third kappa shape index (κ3) is 2.80. The first-order valence-corrected chi connectivity index (χ1v) is 8.02.